The van der Waals surface area contributed by atoms with Crippen LogP contribution in [0.4, 0.5) is 0 Å². The third kappa shape index (κ3) is 1.66. The van der Waals surface area contributed by atoms with Gasteiger partial charge in [-0.25, -0.2) is 5.32 Å². The van der Waals surface area contributed by atoms with Crippen molar-refractivity contribution in [3.8, 4) is 0 Å². The summed E-state index contributed by atoms with van der Waals surface area (Å²) in [6.07, 6.45) is 1.24. The molecule has 53 valence electrons. The van der Waals surface area contributed by atoms with Gasteiger partial charge in [-0.1, -0.05) is 6.92 Å². The summed E-state index contributed by atoms with van der Waals surface area (Å²) in [7, 11) is 1.74. The number of rotatable bonds is 2. The van der Waals surface area contributed by atoms with Gasteiger partial charge in [0.05, 0.1) is 12.6 Å². The Balaban J connectivity index is 2.22. The van der Waals surface area contributed by atoms with E-state index in [1.807, 2.05) is 0 Å². The number of ether oxygens (including phenoxy) is 1. The summed E-state index contributed by atoms with van der Waals surface area (Å²) in [4.78, 5) is 0. The van der Waals surface area contributed by atoms with Crippen molar-refractivity contribution in [1.82, 2.24) is 5.32 Å². The molecule has 1 aliphatic heterocycles. The summed E-state index contributed by atoms with van der Waals surface area (Å²) in [5, 5.41) is 4.38. The molecule has 0 saturated carbocycles. The highest BCUT2D eigenvalue weighted by atomic mass is 16.5. The fraction of sp³-hybridized carbons (Fsp3) is 1.00. The normalized spacial score (nSPS) is 35.3. The molecule has 1 fully saturated rings. The second kappa shape index (κ2) is 3.18. The van der Waals surface area contributed by atoms with Crippen LogP contribution in [0.2, 0.25) is 0 Å². The van der Waals surface area contributed by atoms with Crippen molar-refractivity contribution in [3.05, 3.63) is 0 Å². The van der Waals surface area contributed by atoms with Crippen molar-refractivity contribution >= 4 is 0 Å². The van der Waals surface area contributed by atoms with Crippen LogP contribution >= 0.6 is 0 Å². The Morgan fingerprint density at radius 3 is 2.89 bits per heavy atom. The average molecular weight is 128 g/mol. The van der Waals surface area contributed by atoms with Gasteiger partial charge in [0.25, 0.3) is 0 Å². The van der Waals surface area contributed by atoms with Crippen LogP contribution in [-0.4, -0.2) is 26.3 Å². The highest BCUT2D eigenvalue weighted by molar-refractivity contribution is 4.79. The summed E-state index contributed by atoms with van der Waals surface area (Å²) in [5.74, 6) is 0.741. The van der Waals surface area contributed by atoms with Crippen LogP contribution < -0.4 is 5.32 Å². The third-order valence-corrected chi connectivity index (χ3v) is 1.94. The predicted octanol–water partition coefficient (Wildman–Crippen LogP) is 0.646. The highest BCUT2D eigenvalue weighted by Gasteiger charge is 2.23. The molecule has 0 amide bonds. The first-order chi connectivity index (χ1) is 4.34. The molecular formula is C7H14NO. The molecule has 2 heteroatoms. The van der Waals surface area contributed by atoms with E-state index in [1.54, 1.807) is 7.11 Å². The third-order valence-electron chi connectivity index (χ3n) is 1.94. The van der Waals surface area contributed by atoms with Gasteiger partial charge in [0, 0.05) is 13.7 Å². The second-order valence-electron chi connectivity index (χ2n) is 2.69. The van der Waals surface area contributed by atoms with E-state index in [1.165, 1.54) is 6.42 Å². The van der Waals surface area contributed by atoms with E-state index in [0.29, 0.717) is 6.04 Å². The van der Waals surface area contributed by atoms with Crippen molar-refractivity contribution in [2.24, 2.45) is 5.92 Å². The molecule has 1 rings (SSSR count). The molecule has 0 aliphatic carbocycles. The molecule has 0 spiro atoms. The minimum atomic E-state index is 0.481. The molecule has 0 aromatic carbocycles. The van der Waals surface area contributed by atoms with E-state index in [2.05, 4.69) is 12.2 Å². The zero-order chi connectivity index (χ0) is 6.69. The lowest BCUT2D eigenvalue weighted by Gasteiger charge is -2.11. The molecule has 2 nitrogen and oxygen atoms in total. The first kappa shape index (κ1) is 7.03. The van der Waals surface area contributed by atoms with Crippen molar-refractivity contribution < 1.29 is 4.74 Å². The molecule has 0 aromatic heterocycles. The van der Waals surface area contributed by atoms with Gasteiger partial charge in [0.1, 0.15) is 0 Å². The first-order valence-corrected chi connectivity index (χ1v) is 3.50. The Hall–Kier alpha value is -0.0800. The molecule has 2 atom stereocenters. The summed E-state index contributed by atoms with van der Waals surface area (Å²) < 4.78 is 5.00. The maximum atomic E-state index is 5.00. The van der Waals surface area contributed by atoms with Gasteiger partial charge < -0.3 is 4.74 Å². The summed E-state index contributed by atoms with van der Waals surface area (Å²) >= 11 is 0. The quantitative estimate of drug-likeness (QED) is 0.535. The van der Waals surface area contributed by atoms with Gasteiger partial charge in [-0.2, -0.15) is 0 Å². The van der Waals surface area contributed by atoms with Crippen molar-refractivity contribution in [1.29, 1.82) is 0 Å². The maximum Gasteiger partial charge on any atom is 0.0634 e. The SMILES string of the molecule is COCC1[N]CCC1C. The van der Waals surface area contributed by atoms with Gasteiger partial charge in [-0.15, -0.1) is 0 Å². The lowest BCUT2D eigenvalue weighted by Crippen LogP contribution is -2.25. The maximum absolute atomic E-state index is 5.00. The zero-order valence-corrected chi connectivity index (χ0v) is 6.13. The summed E-state index contributed by atoms with van der Waals surface area (Å²) in [5.41, 5.74) is 0. The van der Waals surface area contributed by atoms with Crippen molar-refractivity contribution in [2.75, 3.05) is 20.3 Å². The number of nitrogens with zero attached hydrogens (tertiary/aromatic N) is 1. The fourth-order valence-corrected chi connectivity index (χ4v) is 1.20. The van der Waals surface area contributed by atoms with E-state index in [9.17, 15) is 0 Å². The molecule has 0 aromatic rings. The van der Waals surface area contributed by atoms with Gasteiger partial charge in [-0.3, -0.25) is 0 Å². The molecule has 9 heavy (non-hydrogen) atoms. The van der Waals surface area contributed by atoms with Crippen LogP contribution in [-0.2, 0) is 4.74 Å². The molecular weight excluding hydrogens is 114 g/mol. The van der Waals surface area contributed by atoms with Gasteiger partial charge in [0.2, 0.25) is 0 Å². The Morgan fingerprint density at radius 1 is 1.67 bits per heavy atom. The van der Waals surface area contributed by atoms with Crippen LogP contribution in [0.3, 0.4) is 0 Å². The van der Waals surface area contributed by atoms with Crippen LogP contribution in [0.25, 0.3) is 0 Å². The van der Waals surface area contributed by atoms with Crippen molar-refractivity contribution in [2.45, 2.75) is 19.4 Å². The molecule has 1 heterocycles. The predicted molar refractivity (Wildman–Crippen MR) is 36.4 cm³/mol. The van der Waals surface area contributed by atoms with Crippen molar-refractivity contribution in [3.63, 3.8) is 0 Å². The molecule has 2 unspecified atom stereocenters. The standard InChI is InChI=1S/C7H14NO/c1-6-3-4-8-7(6)5-9-2/h6-7H,3-5H2,1-2H3. The topological polar surface area (TPSA) is 23.3 Å². The van der Waals surface area contributed by atoms with E-state index in [0.717, 1.165) is 19.1 Å². The largest absolute Gasteiger partial charge is 0.383 e. The second-order valence-corrected chi connectivity index (χ2v) is 2.69. The number of methoxy groups -OCH3 is 1. The van der Waals surface area contributed by atoms with Gasteiger partial charge >= 0.3 is 0 Å². The lowest BCUT2D eigenvalue weighted by molar-refractivity contribution is 0.159. The molecule has 0 bridgehead atoms. The summed E-state index contributed by atoms with van der Waals surface area (Å²) in [6.45, 7) is 4.08. The lowest BCUT2D eigenvalue weighted by atomic mass is 10.0. The Bertz CT molecular complexity index is 85.0. The van der Waals surface area contributed by atoms with Crippen LogP contribution in [0, 0.1) is 5.92 Å². The van der Waals surface area contributed by atoms with Gasteiger partial charge in [0.15, 0.2) is 0 Å². The summed E-state index contributed by atoms with van der Waals surface area (Å²) in [6, 6.07) is 0.481. The van der Waals surface area contributed by atoms with E-state index in [4.69, 9.17) is 4.74 Å². The first-order valence-electron chi connectivity index (χ1n) is 3.50. The smallest absolute Gasteiger partial charge is 0.0634 e. The Kier molecular flexibility index (Phi) is 2.49. The number of hydrogen-bond acceptors (Lipinski definition) is 1. The van der Waals surface area contributed by atoms with E-state index < -0.39 is 0 Å². The monoisotopic (exact) mass is 128 g/mol. The minimum Gasteiger partial charge on any atom is -0.383 e. The number of hydrogen-bond donors (Lipinski definition) is 0. The van der Waals surface area contributed by atoms with Crippen LogP contribution in [0.15, 0.2) is 0 Å². The molecule has 0 N–H and O–H groups in total. The molecule has 1 aliphatic rings. The molecule has 1 saturated heterocycles. The van der Waals surface area contributed by atoms with E-state index >= 15 is 0 Å². The van der Waals surface area contributed by atoms with E-state index in [-0.39, 0.29) is 0 Å². The van der Waals surface area contributed by atoms with Crippen LogP contribution in [0.1, 0.15) is 13.3 Å². The minimum absolute atomic E-state index is 0.481. The molecule has 1 radical (unpaired) electrons. The fourth-order valence-electron chi connectivity index (χ4n) is 1.20. The van der Waals surface area contributed by atoms with Gasteiger partial charge in [-0.05, 0) is 12.3 Å². The zero-order valence-electron chi connectivity index (χ0n) is 6.13. The Labute approximate surface area is 56.6 Å². The van der Waals surface area contributed by atoms with Crippen LogP contribution in [0.5, 0.6) is 0 Å². The Morgan fingerprint density at radius 2 is 2.44 bits per heavy atom. The average Bonchev–Trinajstić information content (AvgIpc) is 2.18. The highest BCUT2D eigenvalue weighted by Crippen LogP contribution is 2.15.